The second kappa shape index (κ2) is 12.1. The Balaban J connectivity index is 0.00000320. The highest BCUT2D eigenvalue weighted by atomic mass is 127. The van der Waals surface area contributed by atoms with E-state index in [-0.39, 0.29) is 29.7 Å². The summed E-state index contributed by atoms with van der Waals surface area (Å²) < 4.78 is 10.7. The van der Waals surface area contributed by atoms with Gasteiger partial charge in [0.25, 0.3) is 0 Å². The van der Waals surface area contributed by atoms with Crippen LogP contribution in [0.15, 0.2) is 64.2 Å². The van der Waals surface area contributed by atoms with E-state index in [1.807, 2.05) is 49.4 Å². The van der Waals surface area contributed by atoms with Crippen LogP contribution in [0.1, 0.15) is 18.2 Å². The second-order valence-corrected chi connectivity index (χ2v) is 6.35. The topological polar surface area (TPSA) is 91.9 Å². The molecule has 0 fully saturated rings. The summed E-state index contributed by atoms with van der Waals surface area (Å²) in [7, 11) is 1.54. The van der Waals surface area contributed by atoms with Gasteiger partial charge in [0.05, 0.1) is 13.7 Å². The predicted octanol–water partition coefficient (Wildman–Crippen LogP) is 3.97. The predicted molar refractivity (Wildman–Crippen MR) is 129 cm³/mol. The molecule has 7 nitrogen and oxygen atoms in total. The fourth-order valence-corrected chi connectivity index (χ4v) is 2.84. The van der Waals surface area contributed by atoms with Crippen molar-refractivity contribution in [1.29, 1.82) is 0 Å². The third kappa shape index (κ3) is 6.38. The van der Waals surface area contributed by atoms with Crippen LogP contribution in [-0.4, -0.2) is 36.2 Å². The first-order valence-electron chi connectivity index (χ1n) is 9.58. The van der Waals surface area contributed by atoms with Crippen LogP contribution in [0.25, 0.3) is 11.5 Å². The van der Waals surface area contributed by atoms with Crippen molar-refractivity contribution in [2.45, 2.75) is 19.9 Å². The van der Waals surface area contributed by atoms with Crippen LogP contribution < -0.4 is 15.4 Å². The number of methoxy groups -OCH3 is 1. The van der Waals surface area contributed by atoms with Crippen molar-refractivity contribution in [2.75, 3.05) is 20.2 Å². The van der Waals surface area contributed by atoms with Crippen LogP contribution in [-0.2, 0) is 13.0 Å². The summed E-state index contributed by atoms with van der Waals surface area (Å²) in [4.78, 5) is 9.06. The van der Waals surface area contributed by atoms with E-state index in [1.165, 1.54) is 0 Å². The molecule has 160 valence electrons. The summed E-state index contributed by atoms with van der Waals surface area (Å²) in [5.41, 5.74) is 2.51. The number of aliphatic imine (C=N–C) groups is 1. The molecule has 0 amide bonds. The minimum absolute atomic E-state index is 0. The summed E-state index contributed by atoms with van der Waals surface area (Å²) in [6, 6.07) is 15.2. The molecule has 2 aromatic carbocycles. The summed E-state index contributed by atoms with van der Waals surface area (Å²) in [5.74, 6) is 1.92. The summed E-state index contributed by atoms with van der Waals surface area (Å²) in [6.45, 7) is 3.76. The molecule has 0 unspecified atom stereocenters. The van der Waals surface area contributed by atoms with E-state index in [0.29, 0.717) is 37.1 Å². The molecule has 8 heteroatoms. The number of phenols is 1. The Kier molecular flexibility index (Phi) is 9.46. The van der Waals surface area contributed by atoms with Gasteiger partial charge in [0.1, 0.15) is 12.0 Å². The molecular formula is C22H27IN4O3. The number of hydrogen-bond acceptors (Lipinski definition) is 5. The Hall–Kier alpha value is -2.75. The largest absolute Gasteiger partial charge is 0.504 e. The smallest absolute Gasteiger partial charge is 0.226 e. The Labute approximate surface area is 193 Å². The minimum Gasteiger partial charge on any atom is -0.504 e. The normalized spacial score (nSPS) is 10.9. The lowest BCUT2D eigenvalue weighted by Gasteiger charge is -2.12. The zero-order valence-electron chi connectivity index (χ0n) is 17.1. The number of aromatic hydroxyl groups is 1. The van der Waals surface area contributed by atoms with Crippen molar-refractivity contribution in [2.24, 2.45) is 4.99 Å². The van der Waals surface area contributed by atoms with Crippen LogP contribution in [0.3, 0.4) is 0 Å². The lowest BCUT2D eigenvalue weighted by Crippen LogP contribution is -2.38. The summed E-state index contributed by atoms with van der Waals surface area (Å²) in [6.07, 6.45) is 2.26. The molecule has 3 rings (SSSR count). The maximum atomic E-state index is 10.2. The zero-order chi connectivity index (χ0) is 20.5. The van der Waals surface area contributed by atoms with Crippen molar-refractivity contribution in [3.05, 3.63) is 66.1 Å². The Morgan fingerprint density at radius 1 is 1.13 bits per heavy atom. The number of halogens is 1. The highest BCUT2D eigenvalue weighted by molar-refractivity contribution is 14.0. The second-order valence-electron chi connectivity index (χ2n) is 6.35. The van der Waals surface area contributed by atoms with Gasteiger partial charge in [-0.2, -0.15) is 0 Å². The monoisotopic (exact) mass is 522 g/mol. The van der Waals surface area contributed by atoms with E-state index < -0.39 is 0 Å². The molecule has 1 aromatic heterocycles. The third-order valence-corrected chi connectivity index (χ3v) is 4.31. The molecule has 0 aliphatic rings. The Bertz CT molecular complexity index is 945. The molecule has 0 aliphatic heterocycles. The van der Waals surface area contributed by atoms with Gasteiger partial charge in [-0.3, -0.25) is 0 Å². The minimum atomic E-state index is 0. The van der Waals surface area contributed by atoms with Crippen LogP contribution in [0.4, 0.5) is 0 Å². The Morgan fingerprint density at radius 3 is 2.67 bits per heavy atom. The highest BCUT2D eigenvalue weighted by Crippen LogP contribution is 2.29. The Morgan fingerprint density at radius 2 is 1.93 bits per heavy atom. The number of phenolic OH excluding ortho intramolecular Hbond substituents is 1. The molecule has 30 heavy (non-hydrogen) atoms. The molecule has 3 aromatic rings. The van der Waals surface area contributed by atoms with Gasteiger partial charge in [0.2, 0.25) is 5.89 Å². The number of nitrogens with zero attached hydrogens (tertiary/aromatic N) is 2. The maximum Gasteiger partial charge on any atom is 0.226 e. The van der Waals surface area contributed by atoms with E-state index in [9.17, 15) is 5.11 Å². The average Bonchev–Trinajstić information content (AvgIpc) is 3.23. The summed E-state index contributed by atoms with van der Waals surface area (Å²) in [5, 5.41) is 16.7. The SMILES string of the molecule is CCNC(=NCc1coc(-c2ccccc2)n1)NCCc1cccc(OC)c1O.I. The average molecular weight is 522 g/mol. The molecule has 0 saturated carbocycles. The van der Waals surface area contributed by atoms with E-state index >= 15 is 0 Å². The molecule has 1 heterocycles. The number of oxazole rings is 1. The zero-order valence-corrected chi connectivity index (χ0v) is 19.4. The summed E-state index contributed by atoms with van der Waals surface area (Å²) >= 11 is 0. The van der Waals surface area contributed by atoms with Gasteiger partial charge in [-0.05, 0) is 37.1 Å². The van der Waals surface area contributed by atoms with Gasteiger partial charge in [0.15, 0.2) is 17.5 Å². The molecule has 0 saturated heterocycles. The third-order valence-electron chi connectivity index (χ3n) is 4.31. The molecule has 0 atom stereocenters. The van der Waals surface area contributed by atoms with Gasteiger partial charge in [-0.25, -0.2) is 9.98 Å². The molecule has 0 bridgehead atoms. The lowest BCUT2D eigenvalue weighted by atomic mass is 10.1. The number of rotatable bonds is 8. The van der Waals surface area contributed by atoms with Gasteiger partial charge < -0.3 is 24.9 Å². The lowest BCUT2D eigenvalue weighted by molar-refractivity contribution is 0.370. The van der Waals surface area contributed by atoms with E-state index in [2.05, 4.69) is 20.6 Å². The number of aromatic nitrogens is 1. The van der Waals surface area contributed by atoms with E-state index in [0.717, 1.165) is 23.4 Å². The first-order chi connectivity index (χ1) is 14.2. The van der Waals surface area contributed by atoms with Crippen molar-refractivity contribution < 1.29 is 14.3 Å². The van der Waals surface area contributed by atoms with Crippen molar-refractivity contribution >= 4 is 29.9 Å². The van der Waals surface area contributed by atoms with Gasteiger partial charge in [0, 0.05) is 18.7 Å². The van der Waals surface area contributed by atoms with Crippen molar-refractivity contribution in [3.8, 4) is 23.0 Å². The number of para-hydroxylation sites is 1. The van der Waals surface area contributed by atoms with Gasteiger partial charge in [-0.15, -0.1) is 24.0 Å². The number of guanidine groups is 1. The number of nitrogens with one attached hydrogen (secondary N) is 2. The standard InChI is InChI=1S/C22H26N4O3.HI/c1-3-23-22(24-13-12-16-10-7-11-19(28-2)20(16)27)25-14-18-15-29-21(26-18)17-8-5-4-6-9-17;/h4-11,15,27H,3,12-14H2,1-2H3,(H2,23,24,25);1H. The van der Waals surface area contributed by atoms with Crippen LogP contribution >= 0.6 is 24.0 Å². The first kappa shape index (κ1) is 23.5. The molecular weight excluding hydrogens is 495 g/mol. The maximum absolute atomic E-state index is 10.2. The molecule has 0 aliphatic carbocycles. The van der Waals surface area contributed by atoms with Gasteiger partial charge in [-0.1, -0.05) is 30.3 Å². The number of ether oxygens (including phenoxy) is 1. The first-order valence-corrected chi connectivity index (χ1v) is 9.58. The quantitative estimate of drug-likeness (QED) is 0.236. The molecule has 3 N–H and O–H groups in total. The van der Waals surface area contributed by atoms with Crippen LogP contribution in [0, 0.1) is 0 Å². The fourth-order valence-electron chi connectivity index (χ4n) is 2.84. The van der Waals surface area contributed by atoms with Gasteiger partial charge >= 0.3 is 0 Å². The number of hydrogen-bond donors (Lipinski definition) is 3. The van der Waals surface area contributed by atoms with E-state index in [1.54, 1.807) is 19.4 Å². The molecule has 0 spiro atoms. The van der Waals surface area contributed by atoms with Crippen LogP contribution in [0.2, 0.25) is 0 Å². The van der Waals surface area contributed by atoms with E-state index in [4.69, 9.17) is 9.15 Å². The molecule has 0 radical (unpaired) electrons. The number of benzene rings is 2. The fraction of sp³-hybridized carbons (Fsp3) is 0.273. The highest BCUT2D eigenvalue weighted by Gasteiger charge is 2.08. The van der Waals surface area contributed by atoms with Crippen molar-refractivity contribution in [1.82, 2.24) is 15.6 Å². The van der Waals surface area contributed by atoms with Crippen LogP contribution in [0.5, 0.6) is 11.5 Å². The van der Waals surface area contributed by atoms with Crippen molar-refractivity contribution in [3.63, 3.8) is 0 Å².